The van der Waals surface area contributed by atoms with Crippen LogP contribution in [0.4, 0.5) is 10.1 Å². The van der Waals surface area contributed by atoms with E-state index in [-0.39, 0.29) is 23.7 Å². The fourth-order valence-electron chi connectivity index (χ4n) is 3.79. The van der Waals surface area contributed by atoms with Gasteiger partial charge in [-0.2, -0.15) is 4.68 Å². The first-order chi connectivity index (χ1) is 17.8. The molecule has 5 rings (SSSR count). The highest BCUT2D eigenvalue weighted by Gasteiger charge is 2.33. The van der Waals surface area contributed by atoms with E-state index in [9.17, 15) is 23.6 Å². The predicted molar refractivity (Wildman–Crippen MR) is 125 cm³/mol. The topological polar surface area (TPSA) is 177 Å². The lowest BCUT2D eigenvalue weighted by Gasteiger charge is -2.12. The summed E-state index contributed by atoms with van der Waals surface area (Å²) >= 11 is 0. The van der Waals surface area contributed by atoms with Gasteiger partial charge in [-0.05, 0) is 46.7 Å². The first-order valence-electron chi connectivity index (χ1n) is 10.9. The molecule has 0 aliphatic carbocycles. The molecule has 13 nitrogen and oxygen atoms in total. The van der Waals surface area contributed by atoms with E-state index in [2.05, 4.69) is 41.4 Å². The predicted octanol–water partition coefficient (Wildman–Crippen LogP) is 0.546. The minimum Gasteiger partial charge on any atom is -0.347 e. The van der Waals surface area contributed by atoms with Gasteiger partial charge in [-0.1, -0.05) is 18.2 Å². The van der Waals surface area contributed by atoms with Crippen LogP contribution in [0.1, 0.15) is 43.7 Å². The van der Waals surface area contributed by atoms with Crippen LogP contribution in [0.25, 0.3) is 5.69 Å². The van der Waals surface area contributed by atoms with Crippen LogP contribution in [-0.4, -0.2) is 47.9 Å². The fraction of sp³-hybridized carbons (Fsp3) is 0.130. The van der Waals surface area contributed by atoms with E-state index in [0.717, 1.165) is 11.0 Å². The van der Waals surface area contributed by atoms with Gasteiger partial charge in [0.25, 0.3) is 17.7 Å². The molecular weight excluding hydrogens is 485 g/mol. The molecule has 0 saturated heterocycles. The second-order valence-corrected chi connectivity index (χ2v) is 8.14. The Morgan fingerprint density at radius 3 is 2.57 bits per heavy atom. The van der Waals surface area contributed by atoms with Crippen LogP contribution in [0.15, 0.2) is 53.6 Å². The van der Waals surface area contributed by atoms with Crippen LogP contribution in [0.3, 0.4) is 0 Å². The van der Waals surface area contributed by atoms with Crippen molar-refractivity contribution in [2.75, 3.05) is 5.32 Å². The molecule has 0 unspecified atom stereocenters. The fourth-order valence-corrected chi connectivity index (χ4v) is 3.79. The van der Waals surface area contributed by atoms with Gasteiger partial charge in [0.05, 0.1) is 5.69 Å². The van der Waals surface area contributed by atoms with Gasteiger partial charge in [0.1, 0.15) is 29.6 Å². The van der Waals surface area contributed by atoms with Crippen molar-refractivity contribution in [3.63, 3.8) is 0 Å². The lowest BCUT2D eigenvalue weighted by Crippen LogP contribution is -2.33. The maximum Gasteiger partial charge on any atom is 0.365 e. The number of hydrogen-bond donors (Lipinski definition) is 4. The normalized spacial score (nSPS) is 14.1. The number of hydrogen-bond acceptors (Lipinski definition) is 8. The lowest BCUT2D eigenvalue weighted by molar-refractivity contribution is -0.117. The number of H-pyrrole nitrogens is 1. The number of fused-ring (bicyclic) bond motifs is 1. The summed E-state index contributed by atoms with van der Waals surface area (Å²) in [6, 6.07) is 9.32. The van der Waals surface area contributed by atoms with Crippen molar-refractivity contribution in [2.24, 2.45) is 0 Å². The summed E-state index contributed by atoms with van der Waals surface area (Å²) in [5.41, 5.74) is 1.65. The van der Waals surface area contributed by atoms with Gasteiger partial charge in [0, 0.05) is 23.9 Å². The SMILES string of the molecule is Cc1cc(CNC(=O)c2cc(C(=O)N[C@H]3C(=O)Nc4cc(-n5nn[nH]c5=O)ccc43)ncn2)ccc1F. The molecule has 3 heterocycles. The number of nitrogens with one attached hydrogen (secondary N) is 4. The summed E-state index contributed by atoms with van der Waals surface area (Å²) in [4.78, 5) is 57.5. The molecule has 0 saturated carbocycles. The number of benzene rings is 2. The number of rotatable bonds is 6. The Morgan fingerprint density at radius 2 is 1.84 bits per heavy atom. The molecular formula is C23H18FN9O4. The number of amides is 3. The van der Waals surface area contributed by atoms with E-state index in [0.29, 0.717) is 28.1 Å². The third-order valence-corrected chi connectivity index (χ3v) is 5.67. The summed E-state index contributed by atoms with van der Waals surface area (Å²) in [6.07, 6.45) is 1.07. The molecule has 0 spiro atoms. The molecule has 2 aromatic heterocycles. The van der Waals surface area contributed by atoms with E-state index >= 15 is 0 Å². The zero-order valence-corrected chi connectivity index (χ0v) is 19.2. The average Bonchev–Trinajstić information content (AvgIpc) is 3.46. The van der Waals surface area contributed by atoms with Crippen LogP contribution in [-0.2, 0) is 11.3 Å². The van der Waals surface area contributed by atoms with Crippen LogP contribution in [0, 0.1) is 12.7 Å². The van der Waals surface area contributed by atoms with Crippen molar-refractivity contribution in [3.05, 3.63) is 93.2 Å². The Labute approximate surface area is 207 Å². The van der Waals surface area contributed by atoms with Gasteiger partial charge in [-0.25, -0.2) is 24.3 Å². The Balaban J connectivity index is 1.28. The van der Waals surface area contributed by atoms with Crippen LogP contribution >= 0.6 is 0 Å². The molecule has 1 aliphatic heterocycles. The Bertz CT molecular complexity index is 1610. The summed E-state index contributed by atoms with van der Waals surface area (Å²) in [5.74, 6) is -2.09. The molecule has 0 radical (unpaired) electrons. The highest BCUT2D eigenvalue weighted by molar-refractivity contribution is 6.06. The van der Waals surface area contributed by atoms with Crippen molar-refractivity contribution < 1.29 is 18.8 Å². The van der Waals surface area contributed by atoms with Gasteiger partial charge >= 0.3 is 5.69 Å². The number of carbonyl (C=O) groups is 3. The van der Waals surface area contributed by atoms with Crippen LogP contribution in [0.2, 0.25) is 0 Å². The van der Waals surface area contributed by atoms with Gasteiger partial charge in [-0.15, -0.1) is 0 Å². The largest absolute Gasteiger partial charge is 0.365 e. The number of aryl methyl sites for hydroxylation is 1. The van der Waals surface area contributed by atoms with Crippen molar-refractivity contribution in [1.29, 1.82) is 0 Å². The number of anilines is 1. The molecule has 1 atom stereocenters. The molecule has 3 amide bonds. The molecule has 186 valence electrons. The molecule has 1 aliphatic rings. The van der Waals surface area contributed by atoms with E-state index in [1.54, 1.807) is 31.2 Å². The summed E-state index contributed by atoms with van der Waals surface area (Å²) < 4.78 is 14.5. The molecule has 0 fully saturated rings. The quantitative estimate of drug-likeness (QED) is 0.295. The first kappa shape index (κ1) is 23.5. The van der Waals surface area contributed by atoms with E-state index in [4.69, 9.17) is 0 Å². The van der Waals surface area contributed by atoms with Crippen molar-refractivity contribution in [3.8, 4) is 5.69 Å². The number of tetrazole rings is 1. The van der Waals surface area contributed by atoms with Crippen molar-refractivity contribution >= 4 is 23.4 Å². The Hall–Kier alpha value is -5.27. The van der Waals surface area contributed by atoms with E-state index in [1.807, 2.05) is 0 Å². The maximum absolute atomic E-state index is 13.4. The van der Waals surface area contributed by atoms with E-state index < -0.39 is 29.5 Å². The lowest BCUT2D eigenvalue weighted by atomic mass is 10.1. The zero-order chi connectivity index (χ0) is 26.1. The van der Waals surface area contributed by atoms with Crippen molar-refractivity contribution in [2.45, 2.75) is 19.5 Å². The smallest absolute Gasteiger partial charge is 0.347 e. The molecule has 37 heavy (non-hydrogen) atoms. The summed E-state index contributed by atoms with van der Waals surface area (Å²) in [7, 11) is 0. The second-order valence-electron chi connectivity index (χ2n) is 8.14. The van der Waals surface area contributed by atoms with Gasteiger partial charge in [0.2, 0.25) is 0 Å². The minimum atomic E-state index is -1.03. The molecule has 0 bridgehead atoms. The molecule has 2 aromatic carbocycles. The van der Waals surface area contributed by atoms with Gasteiger partial charge < -0.3 is 16.0 Å². The first-order valence-corrected chi connectivity index (χ1v) is 10.9. The number of halogens is 1. The van der Waals surface area contributed by atoms with Gasteiger partial charge in [-0.3, -0.25) is 14.4 Å². The number of aromatic nitrogens is 6. The number of aromatic amines is 1. The standard InChI is InChI=1S/C23H18FN9O4/c1-11-6-12(2-5-15(11)24)9-25-20(34)17-8-18(27-10-26-17)21(35)29-19-14-4-3-13(7-16(14)28-22(19)36)33-23(37)30-31-32-33/h2-8,10,19H,9H2,1H3,(H,25,34)(H,28,36)(H,29,35)(H,30,32,37)/t19-/m1/s1. The van der Waals surface area contributed by atoms with Crippen molar-refractivity contribution in [1.82, 2.24) is 40.8 Å². The third-order valence-electron chi connectivity index (χ3n) is 5.67. The molecule has 14 heteroatoms. The van der Waals surface area contributed by atoms with Crippen LogP contribution < -0.4 is 21.6 Å². The Morgan fingerprint density at radius 1 is 1.05 bits per heavy atom. The average molecular weight is 503 g/mol. The zero-order valence-electron chi connectivity index (χ0n) is 19.2. The maximum atomic E-state index is 13.4. The second kappa shape index (κ2) is 9.41. The Kier molecular flexibility index (Phi) is 5.97. The van der Waals surface area contributed by atoms with Crippen LogP contribution in [0.5, 0.6) is 0 Å². The highest BCUT2D eigenvalue weighted by Crippen LogP contribution is 2.32. The number of carbonyl (C=O) groups excluding carboxylic acids is 3. The third kappa shape index (κ3) is 4.67. The van der Waals surface area contributed by atoms with Gasteiger partial charge in [0.15, 0.2) is 0 Å². The summed E-state index contributed by atoms with van der Waals surface area (Å²) in [6.45, 7) is 1.75. The molecule has 4 aromatic rings. The minimum absolute atomic E-state index is 0.0575. The van der Waals surface area contributed by atoms with E-state index in [1.165, 1.54) is 18.2 Å². The number of nitrogens with zero attached hydrogens (tertiary/aromatic N) is 5. The molecule has 4 N–H and O–H groups in total. The monoisotopic (exact) mass is 503 g/mol. The summed E-state index contributed by atoms with van der Waals surface area (Å²) in [5, 5.41) is 17.2. The highest BCUT2D eigenvalue weighted by atomic mass is 19.1.